The molecule has 0 saturated heterocycles. The van der Waals surface area contributed by atoms with Crippen molar-refractivity contribution in [2.45, 2.75) is 6.42 Å². The van der Waals surface area contributed by atoms with Crippen molar-refractivity contribution < 1.29 is 10.2 Å². The minimum atomic E-state index is 0.194. The fourth-order valence-electron chi connectivity index (χ4n) is 3.86. The molecule has 27 heavy (non-hydrogen) atoms. The van der Waals surface area contributed by atoms with Gasteiger partial charge in [0.1, 0.15) is 11.5 Å². The van der Waals surface area contributed by atoms with Gasteiger partial charge in [0, 0.05) is 17.5 Å². The summed E-state index contributed by atoms with van der Waals surface area (Å²) in [6.45, 7) is 0. The first kappa shape index (κ1) is 15.6. The number of aromatic hydroxyl groups is 2. The first-order chi connectivity index (χ1) is 13.2. The Morgan fingerprint density at radius 1 is 0.704 bits per heavy atom. The van der Waals surface area contributed by atoms with E-state index in [1.807, 2.05) is 48.5 Å². The summed E-state index contributed by atoms with van der Waals surface area (Å²) in [5.41, 5.74) is 7.32. The lowest BCUT2D eigenvalue weighted by Crippen LogP contribution is -1.94. The number of benzene rings is 3. The van der Waals surface area contributed by atoms with Crippen LogP contribution in [0, 0.1) is 0 Å². The van der Waals surface area contributed by atoms with E-state index in [4.69, 9.17) is 4.98 Å². The molecule has 3 heteroatoms. The van der Waals surface area contributed by atoms with Gasteiger partial charge in [-0.3, -0.25) is 0 Å². The summed E-state index contributed by atoms with van der Waals surface area (Å²) in [6.07, 6.45) is 0.733. The zero-order valence-electron chi connectivity index (χ0n) is 14.6. The van der Waals surface area contributed by atoms with Crippen molar-refractivity contribution in [3.05, 3.63) is 90.0 Å². The molecule has 130 valence electrons. The number of nitrogens with zero attached hydrogens (tertiary/aromatic N) is 1. The Bertz CT molecular complexity index is 1170. The number of rotatable bonds is 2. The monoisotopic (exact) mass is 351 g/mol. The second-order valence-corrected chi connectivity index (χ2v) is 6.75. The van der Waals surface area contributed by atoms with Gasteiger partial charge in [0.15, 0.2) is 0 Å². The van der Waals surface area contributed by atoms with Crippen LogP contribution in [0.3, 0.4) is 0 Å². The van der Waals surface area contributed by atoms with E-state index < -0.39 is 0 Å². The lowest BCUT2D eigenvalue weighted by molar-refractivity contribution is 0.477. The van der Waals surface area contributed by atoms with Gasteiger partial charge in [-0.2, -0.15) is 0 Å². The highest BCUT2D eigenvalue weighted by atomic mass is 16.3. The van der Waals surface area contributed by atoms with E-state index in [-0.39, 0.29) is 11.5 Å². The summed E-state index contributed by atoms with van der Waals surface area (Å²) in [4.78, 5) is 4.85. The van der Waals surface area contributed by atoms with E-state index in [0.717, 1.165) is 39.9 Å². The lowest BCUT2D eigenvalue weighted by Gasteiger charge is -2.13. The van der Waals surface area contributed by atoms with Gasteiger partial charge in [-0.25, -0.2) is 4.98 Å². The molecule has 0 bridgehead atoms. The molecule has 0 radical (unpaired) electrons. The average Bonchev–Trinajstić information content (AvgIpc) is 3.08. The number of phenols is 2. The van der Waals surface area contributed by atoms with Crippen molar-refractivity contribution in [2.75, 3.05) is 0 Å². The molecule has 1 aliphatic carbocycles. The highest BCUT2D eigenvalue weighted by Crippen LogP contribution is 2.46. The minimum Gasteiger partial charge on any atom is -0.507 e. The van der Waals surface area contributed by atoms with Gasteiger partial charge < -0.3 is 10.2 Å². The predicted molar refractivity (Wildman–Crippen MR) is 107 cm³/mol. The van der Waals surface area contributed by atoms with Crippen LogP contribution >= 0.6 is 0 Å². The Kier molecular flexibility index (Phi) is 3.47. The molecule has 5 rings (SSSR count). The first-order valence-corrected chi connectivity index (χ1v) is 8.91. The van der Waals surface area contributed by atoms with Crippen molar-refractivity contribution in [1.82, 2.24) is 4.98 Å². The van der Waals surface area contributed by atoms with Crippen molar-refractivity contribution >= 4 is 0 Å². The van der Waals surface area contributed by atoms with Crippen molar-refractivity contribution in [1.29, 1.82) is 0 Å². The van der Waals surface area contributed by atoms with Crippen LogP contribution in [0.15, 0.2) is 78.9 Å². The molecule has 1 aromatic heterocycles. The average molecular weight is 351 g/mol. The highest BCUT2D eigenvalue weighted by molar-refractivity contribution is 5.88. The number of pyridine rings is 1. The Balaban J connectivity index is 1.83. The minimum absolute atomic E-state index is 0.194. The fraction of sp³-hybridized carbons (Fsp3) is 0.0417. The molecule has 0 fully saturated rings. The molecule has 3 nitrogen and oxygen atoms in total. The molecular weight excluding hydrogens is 334 g/mol. The topological polar surface area (TPSA) is 53.4 Å². The zero-order valence-corrected chi connectivity index (χ0v) is 14.6. The maximum atomic E-state index is 10.5. The second-order valence-electron chi connectivity index (χ2n) is 6.75. The van der Waals surface area contributed by atoms with Crippen LogP contribution < -0.4 is 0 Å². The molecule has 3 aromatic carbocycles. The number of hydrogen-bond acceptors (Lipinski definition) is 3. The van der Waals surface area contributed by atoms with Crippen LogP contribution in [0.1, 0.15) is 11.1 Å². The van der Waals surface area contributed by atoms with Crippen LogP contribution in [0.5, 0.6) is 11.5 Å². The quantitative estimate of drug-likeness (QED) is 0.448. The molecule has 2 N–H and O–H groups in total. The van der Waals surface area contributed by atoms with E-state index in [1.165, 1.54) is 0 Å². The van der Waals surface area contributed by atoms with Gasteiger partial charge in [-0.1, -0.05) is 54.6 Å². The fourth-order valence-corrected chi connectivity index (χ4v) is 3.86. The zero-order chi connectivity index (χ0) is 18.4. The first-order valence-electron chi connectivity index (χ1n) is 8.91. The van der Waals surface area contributed by atoms with Crippen LogP contribution in [0.25, 0.3) is 33.6 Å². The molecule has 0 amide bonds. The third-order valence-corrected chi connectivity index (χ3v) is 5.12. The largest absolute Gasteiger partial charge is 0.507 e. The van der Waals surface area contributed by atoms with Crippen LogP contribution in [0.2, 0.25) is 0 Å². The van der Waals surface area contributed by atoms with E-state index in [9.17, 15) is 10.2 Å². The maximum Gasteiger partial charge on any atom is 0.125 e. The molecule has 0 spiro atoms. The van der Waals surface area contributed by atoms with Crippen molar-refractivity contribution in [3.8, 4) is 45.1 Å². The molecule has 0 unspecified atom stereocenters. The van der Waals surface area contributed by atoms with Crippen LogP contribution in [0.4, 0.5) is 0 Å². The number of fused-ring (bicyclic) bond motifs is 3. The Morgan fingerprint density at radius 2 is 1.44 bits per heavy atom. The standard InChI is InChI=1S/C24H17NO2/c26-21-11-5-4-10-17(21)20-14-18(15-7-2-1-3-8-15)19-13-16-9-6-12-22(27)23(16)24(19)25-20/h1-12,14,26-27H,13H2. The summed E-state index contributed by atoms with van der Waals surface area (Å²) in [5, 5.41) is 20.8. The molecule has 0 saturated carbocycles. The van der Waals surface area contributed by atoms with Gasteiger partial charge in [0.2, 0.25) is 0 Å². The molecular formula is C24H17NO2. The SMILES string of the molecule is Oc1ccccc1-c1cc(-c2ccccc2)c2c(n1)-c1c(O)cccc1C2. The molecule has 1 aliphatic rings. The van der Waals surface area contributed by atoms with Crippen molar-refractivity contribution in [3.63, 3.8) is 0 Å². The summed E-state index contributed by atoms with van der Waals surface area (Å²) < 4.78 is 0. The number of para-hydroxylation sites is 1. The highest BCUT2D eigenvalue weighted by Gasteiger charge is 2.27. The molecule has 4 aromatic rings. The number of aromatic nitrogens is 1. The Labute approximate surface area is 157 Å². The van der Waals surface area contributed by atoms with Crippen LogP contribution in [-0.2, 0) is 6.42 Å². The lowest BCUT2D eigenvalue weighted by atomic mass is 9.96. The normalized spacial score (nSPS) is 11.9. The molecule has 0 atom stereocenters. The number of hydrogen-bond donors (Lipinski definition) is 2. The number of phenolic OH excluding ortho intramolecular Hbond substituents is 2. The van der Waals surface area contributed by atoms with Gasteiger partial charge >= 0.3 is 0 Å². The van der Waals surface area contributed by atoms with E-state index >= 15 is 0 Å². The van der Waals surface area contributed by atoms with Crippen molar-refractivity contribution in [2.24, 2.45) is 0 Å². The van der Waals surface area contributed by atoms with Gasteiger partial charge in [0.25, 0.3) is 0 Å². The Morgan fingerprint density at radius 3 is 2.26 bits per heavy atom. The molecule has 0 aliphatic heterocycles. The van der Waals surface area contributed by atoms with Crippen LogP contribution in [-0.4, -0.2) is 15.2 Å². The van der Waals surface area contributed by atoms with Gasteiger partial charge in [0.05, 0.1) is 11.4 Å². The summed E-state index contributed by atoms with van der Waals surface area (Å²) in [6, 6.07) is 25.0. The summed E-state index contributed by atoms with van der Waals surface area (Å²) in [7, 11) is 0. The summed E-state index contributed by atoms with van der Waals surface area (Å²) >= 11 is 0. The predicted octanol–water partition coefficient (Wildman–Crippen LogP) is 5.40. The third-order valence-electron chi connectivity index (χ3n) is 5.12. The van der Waals surface area contributed by atoms with E-state index in [2.05, 4.69) is 12.1 Å². The Hall–Kier alpha value is -3.59. The third kappa shape index (κ3) is 2.48. The van der Waals surface area contributed by atoms with E-state index in [1.54, 1.807) is 18.2 Å². The van der Waals surface area contributed by atoms with Gasteiger partial charge in [-0.15, -0.1) is 0 Å². The summed E-state index contributed by atoms with van der Waals surface area (Å²) in [5.74, 6) is 0.437. The maximum absolute atomic E-state index is 10.5. The second kappa shape index (κ2) is 5.99. The smallest absolute Gasteiger partial charge is 0.125 e. The van der Waals surface area contributed by atoms with Gasteiger partial charge in [-0.05, 0) is 46.5 Å². The van der Waals surface area contributed by atoms with E-state index in [0.29, 0.717) is 11.3 Å². The molecule has 1 heterocycles.